The summed E-state index contributed by atoms with van der Waals surface area (Å²) < 4.78 is 6.15. The van der Waals surface area contributed by atoms with E-state index in [9.17, 15) is 0 Å². The number of hydrogen-bond acceptors (Lipinski definition) is 2. The van der Waals surface area contributed by atoms with Gasteiger partial charge in [-0.05, 0) is 74.6 Å². The molecule has 2 aliphatic carbocycles. The quantitative estimate of drug-likeness (QED) is 0.854. The summed E-state index contributed by atoms with van der Waals surface area (Å²) in [6, 6.07) is 7.67. The van der Waals surface area contributed by atoms with Crippen molar-refractivity contribution in [2.24, 2.45) is 0 Å². The van der Waals surface area contributed by atoms with Gasteiger partial charge in [0.25, 0.3) is 0 Å². The molecule has 1 N–H and O–H groups in total. The van der Waals surface area contributed by atoms with Gasteiger partial charge in [0.1, 0.15) is 0 Å². The summed E-state index contributed by atoms with van der Waals surface area (Å²) >= 11 is 0. The summed E-state index contributed by atoms with van der Waals surface area (Å²) in [5.41, 5.74) is 4.48. The van der Waals surface area contributed by atoms with Crippen LogP contribution in [-0.2, 0) is 24.2 Å². The number of nitrogens with one attached hydrogen (secondary N) is 1. The van der Waals surface area contributed by atoms with Crippen molar-refractivity contribution in [3.8, 4) is 0 Å². The van der Waals surface area contributed by atoms with Gasteiger partial charge in [-0.2, -0.15) is 0 Å². The summed E-state index contributed by atoms with van der Waals surface area (Å²) in [5, 5.41) is 3.64. The van der Waals surface area contributed by atoms with Crippen LogP contribution >= 0.6 is 0 Å². The van der Waals surface area contributed by atoms with Gasteiger partial charge < -0.3 is 10.1 Å². The highest BCUT2D eigenvalue weighted by atomic mass is 16.5. The highest BCUT2D eigenvalue weighted by molar-refractivity contribution is 5.35. The van der Waals surface area contributed by atoms with E-state index in [1.165, 1.54) is 56.9 Å². The standard InChI is InChI=1S/C19H29NO/c1-2-12-20-18-8-10-19(11-9-18)21-14-15-6-7-16-4-3-5-17(16)13-15/h6-7,13,18-20H,2-5,8-12,14H2,1H3. The molecule has 3 rings (SSSR count). The zero-order valence-corrected chi connectivity index (χ0v) is 13.4. The van der Waals surface area contributed by atoms with E-state index in [1.54, 1.807) is 11.1 Å². The predicted molar refractivity (Wildman–Crippen MR) is 87.6 cm³/mol. The first-order chi connectivity index (χ1) is 10.3. The molecule has 116 valence electrons. The van der Waals surface area contributed by atoms with Crippen LogP contribution in [0.4, 0.5) is 0 Å². The van der Waals surface area contributed by atoms with Crippen molar-refractivity contribution >= 4 is 0 Å². The van der Waals surface area contributed by atoms with Crippen molar-refractivity contribution in [3.63, 3.8) is 0 Å². The Morgan fingerprint density at radius 3 is 2.71 bits per heavy atom. The third-order valence-electron chi connectivity index (χ3n) is 5.01. The van der Waals surface area contributed by atoms with Crippen LogP contribution in [0.15, 0.2) is 18.2 Å². The lowest BCUT2D eigenvalue weighted by molar-refractivity contribution is 0.0113. The Hall–Kier alpha value is -0.860. The maximum Gasteiger partial charge on any atom is 0.0720 e. The highest BCUT2D eigenvalue weighted by Crippen LogP contribution is 2.25. The van der Waals surface area contributed by atoms with E-state index in [1.807, 2.05) is 0 Å². The van der Waals surface area contributed by atoms with Gasteiger partial charge in [-0.1, -0.05) is 25.1 Å². The average Bonchev–Trinajstić information content (AvgIpc) is 2.99. The van der Waals surface area contributed by atoms with E-state index < -0.39 is 0 Å². The summed E-state index contributed by atoms with van der Waals surface area (Å²) in [6.45, 7) is 4.19. The van der Waals surface area contributed by atoms with E-state index in [-0.39, 0.29) is 0 Å². The van der Waals surface area contributed by atoms with Crippen LogP contribution in [-0.4, -0.2) is 18.7 Å². The van der Waals surface area contributed by atoms with Crippen molar-refractivity contribution in [1.82, 2.24) is 5.32 Å². The molecule has 0 atom stereocenters. The average molecular weight is 287 g/mol. The second-order valence-electron chi connectivity index (χ2n) is 6.70. The monoisotopic (exact) mass is 287 g/mol. The maximum atomic E-state index is 6.15. The molecule has 0 amide bonds. The molecule has 21 heavy (non-hydrogen) atoms. The van der Waals surface area contributed by atoms with Crippen LogP contribution in [0.2, 0.25) is 0 Å². The second kappa shape index (κ2) is 7.42. The van der Waals surface area contributed by atoms with Gasteiger partial charge in [-0.25, -0.2) is 0 Å². The first-order valence-electron chi connectivity index (χ1n) is 8.81. The minimum Gasteiger partial charge on any atom is -0.374 e. The Morgan fingerprint density at radius 2 is 1.90 bits per heavy atom. The lowest BCUT2D eigenvalue weighted by atomic mass is 9.93. The number of ether oxygens (including phenoxy) is 1. The third kappa shape index (κ3) is 4.08. The molecule has 0 radical (unpaired) electrons. The molecule has 0 unspecified atom stereocenters. The largest absolute Gasteiger partial charge is 0.374 e. The van der Waals surface area contributed by atoms with Crippen molar-refractivity contribution in [2.45, 2.75) is 77.0 Å². The number of benzene rings is 1. The lowest BCUT2D eigenvalue weighted by Gasteiger charge is -2.29. The topological polar surface area (TPSA) is 21.3 Å². The van der Waals surface area contributed by atoms with E-state index in [0.29, 0.717) is 6.10 Å². The highest BCUT2D eigenvalue weighted by Gasteiger charge is 2.21. The van der Waals surface area contributed by atoms with Crippen LogP contribution in [0.25, 0.3) is 0 Å². The van der Waals surface area contributed by atoms with Gasteiger partial charge in [-0.3, -0.25) is 0 Å². The van der Waals surface area contributed by atoms with Crippen LogP contribution < -0.4 is 5.32 Å². The van der Waals surface area contributed by atoms with Crippen LogP contribution in [0.1, 0.15) is 62.1 Å². The molecule has 2 heteroatoms. The fourth-order valence-electron chi connectivity index (χ4n) is 3.71. The zero-order valence-electron chi connectivity index (χ0n) is 13.4. The van der Waals surface area contributed by atoms with Crippen LogP contribution in [0, 0.1) is 0 Å². The Labute approximate surface area is 129 Å². The molecule has 0 aliphatic heterocycles. The molecule has 0 aromatic heterocycles. The van der Waals surface area contributed by atoms with Crippen molar-refractivity contribution in [3.05, 3.63) is 34.9 Å². The van der Waals surface area contributed by atoms with E-state index in [2.05, 4.69) is 30.4 Å². The second-order valence-corrected chi connectivity index (χ2v) is 6.70. The van der Waals surface area contributed by atoms with Gasteiger partial charge >= 0.3 is 0 Å². The van der Waals surface area contributed by atoms with Crippen molar-refractivity contribution in [2.75, 3.05) is 6.54 Å². The zero-order chi connectivity index (χ0) is 14.5. The molecular weight excluding hydrogens is 258 g/mol. The smallest absolute Gasteiger partial charge is 0.0720 e. The maximum absolute atomic E-state index is 6.15. The molecule has 0 heterocycles. The fraction of sp³-hybridized carbons (Fsp3) is 0.684. The summed E-state index contributed by atoms with van der Waals surface area (Å²) in [4.78, 5) is 0. The lowest BCUT2D eigenvalue weighted by Crippen LogP contribution is -2.35. The summed E-state index contributed by atoms with van der Waals surface area (Å²) in [6.07, 6.45) is 10.5. The normalized spacial score (nSPS) is 25.0. The Kier molecular flexibility index (Phi) is 5.32. The van der Waals surface area contributed by atoms with Crippen molar-refractivity contribution < 1.29 is 4.74 Å². The molecule has 1 aromatic rings. The molecular formula is C19H29NO. The predicted octanol–water partition coefficient (Wildman–Crippen LogP) is 4.00. The number of hydrogen-bond donors (Lipinski definition) is 1. The number of fused-ring (bicyclic) bond motifs is 1. The first kappa shape index (κ1) is 15.1. The molecule has 0 bridgehead atoms. The van der Waals surface area contributed by atoms with E-state index >= 15 is 0 Å². The van der Waals surface area contributed by atoms with E-state index in [4.69, 9.17) is 4.74 Å². The molecule has 0 saturated heterocycles. The number of aryl methyl sites for hydroxylation is 2. The van der Waals surface area contributed by atoms with Gasteiger partial charge in [-0.15, -0.1) is 0 Å². The molecule has 2 nitrogen and oxygen atoms in total. The van der Waals surface area contributed by atoms with E-state index in [0.717, 1.165) is 19.2 Å². The molecule has 0 spiro atoms. The Morgan fingerprint density at radius 1 is 1.10 bits per heavy atom. The molecule has 1 fully saturated rings. The SMILES string of the molecule is CCCNC1CCC(OCc2ccc3c(c2)CCC3)CC1. The minimum atomic E-state index is 0.470. The first-order valence-corrected chi connectivity index (χ1v) is 8.81. The van der Waals surface area contributed by atoms with Gasteiger partial charge in [0, 0.05) is 6.04 Å². The van der Waals surface area contributed by atoms with Gasteiger partial charge in [0.2, 0.25) is 0 Å². The fourth-order valence-corrected chi connectivity index (χ4v) is 3.71. The molecule has 1 aromatic carbocycles. The van der Waals surface area contributed by atoms with Crippen molar-refractivity contribution in [1.29, 1.82) is 0 Å². The van der Waals surface area contributed by atoms with Crippen LogP contribution in [0.5, 0.6) is 0 Å². The minimum absolute atomic E-state index is 0.470. The Balaban J connectivity index is 1.42. The van der Waals surface area contributed by atoms with Gasteiger partial charge in [0.15, 0.2) is 0 Å². The molecule has 1 saturated carbocycles. The molecule has 2 aliphatic rings. The van der Waals surface area contributed by atoms with Gasteiger partial charge in [0.05, 0.1) is 12.7 Å². The summed E-state index contributed by atoms with van der Waals surface area (Å²) in [7, 11) is 0. The van der Waals surface area contributed by atoms with Crippen LogP contribution in [0.3, 0.4) is 0 Å². The Bertz CT molecular complexity index is 449. The third-order valence-corrected chi connectivity index (χ3v) is 5.01. The summed E-state index contributed by atoms with van der Waals surface area (Å²) in [5.74, 6) is 0. The number of rotatable bonds is 6.